The second-order valence-corrected chi connectivity index (χ2v) is 3.65. The van der Waals surface area contributed by atoms with Crippen LogP contribution in [0.3, 0.4) is 0 Å². The van der Waals surface area contributed by atoms with Crippen molar-refractivity contribution in [2.24, 2.45) is 0 Å². The summed E-state index contributed by atoms with van der Waals surface area (Å²) in [5, 5.41) is 0. The predicted octanol–water partition coefficient (Wildman–Crippen LogP) is 2.38. The van der Waals surface area contributed by atoms with E-state index in [1.165, 1.54) is 7.11 Å². The third-order valence-electron chi connectivity index (χ3n) is 2.31. The van der Waals surface area contributed by atoms with Gasteiger partial charge in [0, 0.05) is 12.8 Å². The van der Waals surface area contributed by atoms with Gasteiger partial charge in [0.15, 0.2) is 0 Å². The maximum Gasteiger partial charge on any atom is 0.337 e. The van der Waals surface area contributed by atoms with Crippen LogP contribution in [-0.4, -0.2) is 18.9 Å². The first-order valence-electron chi connectivity index (χ1n) is 5.36. The van der Waals surface area contributed by atoms with Gasteiger partial charge in [0.1, 0.15) is 5.78 Å². The molecule has 0 radical (unpaired) electrons. The van der Waals surface area contributed by atoms with Crippen molar-refractivity contribution < 1.29 is 14.3 Å². The third kappa shape index (κ3) is 3.50. The standard InChI is InChI=1S/C13H16O3/c1-3-4-12(14)9-10-5-7-11(8-6-10)13(15)16-2/h5-8H,3-4,9H2,1-2H3. The zero-order valence-corrected chi connectivity index (χ0v) is 9.66. The fourth-order valence-corrected chi connectivity index (χ4v) is 1.47. The molecule has 3 nitrogen and oxygen atoms in total. The fourth-order valence-electron chi connectivity index (χ4n) is 1.47. The summed E-state index contributed by atoms with van der Waals surface area (Å²) in [7, 11) is 1.35. The van der Waals surface area contributed by atoms with E-state index in [2.05, 4.69) is 4.74 Å². The van der Waals surface area contributed by atoms with Crippen LogP contribution in [0.5, 0.6) is 0 Å². The van der Waals surface area contributed by atoms with Gasteiger partial charge in [-0.25, -0.2) is 4.79 Å². The van der Waals surface area contributed by atoms with E-state index in [-0.39, 0.29) is 11.8 Å². The van der Waals surface area contributed by atoms with Crippen LogP contribution in [0.25, 0.3) is 0 Å². The van der Waals surface area contributed by atoms with Crippen molar-refractivity contribution in [1.29, 1.82) is 0 Å². The van der Waals surface area contributed by atoms with Crippen LogP contribution in [-0.2, 0) is 16.0 Å². The van der Waals surface area contributed by atoms with E-state index in [0.29, 0.717) is 18.4 Å². The number of ketones is 1. The molecule has 0 unspecified atom stereocenters. The quantitative estimate of drug-likeness (QED) is 0.715. The summed E-state index contributed by atoms with van der Waals surface area (Å²) >= 11 is 0. The van der Waals surface area contributed by atoms with Crippen LogP contribution >= 0.6 is 0 Å². The lowest BCUT2D eigenvalue weighted by atomic mass is 10.0. The number of rotatable bonds is 5. The van der Waals surface area contributed by atoms with E-state index >= 15 is 0 Å². The molecule has 16 heavy (non-hydrogen) atoms. The molecule has 1 aromatic carbocycles. The first kappa shape index (κ1) is 12.4. The summed E-state index contributed by atoms with van der Waals surface area (Å²) in [5.41, 5.74) is 1.44. The van der Waals surface area contributed by atoms with Gasteiger partial charge < -0.3 is 4.74 Å². The Morgan fingerprint density at radius 3 is 2.31 bits per heavy atom. The minimum Gasteiger partial charge on any atom is -0.465 e. The smallest absolute Gasteiger partial charge is 0.337 e. The van der Waals surface area contributed by atoms with Crippen molar-refractivity contribution in [2.45, 2.75) is 26.2 Å². The van der Waals surface area contributed by atoms with E-state index in [4.69, 9.17) is 0 Å². The van der Waals surface area contributed by atoms with Crippen molar-refractivity contribution in [2.75, 3.05) is 7.11 Å². The minimum atomic E-state index is -0.355. The lowest BCUT2D eigenvalue weighted by Crippen LogP contribution is -2.04. The van der Waals surface area contributed by atoms with Crippen LogP contribution in [0.1, 0.15) is 35.7 Å². The third-order valence-corrected chi connectivity index (χ3v) is 2.31. The van der Waals surface area contributed by atoms with Gasteiger partial charge in [-0.05, 0) is 24.1 Å². The lowest BCUT2D eigenvalue weighted by molar-refractivity contribution is -0.118. The van der Waals surface area contributed by atoms with Gasteiger partial charge >= 0.3 is 5.97 Å². The Hall–Kier alpha value is -1.64. The molecular formula is C13H16O3. The average molecular weight is 220 g/mol. The number of benzene rings is 1. The largest absolute Gasteiger partial charge is 0.465 e. The van der Waals surface area contributed by atoms with Crippen LogP contribution in [0.4, 0.5) is 0 Å². The molecule has 0 fully saturated rings. The topological polar surface area (TPSA) is 43.4 Å². The molecule has 1 aromatic rings. The average Bonchev–Trinajstić information content (AvgIpc) is 2.29. The molecule has 0 saturated heterocycles. The molecule has 0 heterocycles. The zero-order valence-electron chi connectivity index (χ0n) is 9.66. The van der Waals surface area contributed by atoms with Crippen molar-refractivity contribution >= 4 is 11.8 Å². The molecule has 0 saturated carbocycles. The van der Waals surface area contributed by atoms with E-state index in [1.807, 2.05) is 6.92 Å². The van der Waals surface area contributed by atoms with Crippen LogP contribution in [0.2, 0.25) is 0 Å². The summed E-state index contributed by atoms with van der Waals surface area (Å²) in [5.74, 6) is -0.125. The number of ether oxygens (including phenoxy) is 1. The Balaban J connectivity index is 2.64. The molecule has 0 aliphatic carbocycles. The predicted molar refractivity (Wildman–Crippen MR) is 61.4 cm³/mol. The number of esters is 1. The summed E-state index contributed by atoms with van der Waals surface area (Å²) in [6, 6.07) is 6.94. The first-order valence-corrected chi connectivity index (χ1v) is 5.36. The highest BCUT2D eigenvalue weighted by molar-refractivity contribution is 5.89. The number of hydrogen-bond donors (Lipinski definition) is 0. The molecular weight excluding hydrogens is 204 g/mol. The minimum absolute atomic E-state index is 0.230. The fraction of sp³-hybridized carbons (Fsp3) is 0.385. The summed E-state index contributed by atoms with van der Waals surface area (Å²) in [6.45, 7) is 1.98. The van der Waals surface area contributed by atoms with E-state index < -0.39 is 0 Å². The van der Waals surface area contributed by atoms with Crippen molar-refractivity contribution in [1.82, 2.24) is 0 Å². The van der Waals surface area contributed by atoms with Crippen LogP contribution in [0, 0.1) is 0 Å². The Labute approximate surface area is 95.4 Å². The molecule has 0 atom stereocenters. The highest BCUT2D eigenvalue weighted by atomic mass is 16.5. The van der Waals surface area contributed by atoms with Gasteiger partial charge in [-0.1, -0.05) is 19.1 Å². The second-order valence-electron chi connectivity index (χ2n) is 3.65. The Morgan fingerprint density at radius 2 is 1.81 bits per heavy atom. The molecule has 0 amide bonds. The molecule has 0 aromatic heterocycles. The molecule has 0 aliphatic heterocycles. The Kier molecular flexibility index (Phi) is 4.70. The Morgan fingerprint density at radius 1 is 1.19 bits per heavy atom. The number of carbonyl (C=O) groups is 2. The van der Waals surface area contributed by atoms with Gasteiger partial charge in [0.2, 0.25) is 0 Å². The normalized spacial score (nSPS) is 9.88. The SMILES string of the molecule is CCCC(=O)Cc1ccc(C(=O)OC)cc1. The zero-order chi connectivity index (χ0) is 12.0. The van der Waals surface area contributed by atoms with Crippen molar-refractivity contribution in [3.8, 4) is 0 Å². The summed E-state index contributed by atoms with van der Waals surface area (Å²) in [6.07, 6.45) is 1.92. The van der Waals surface area contributed by atoms with Gasteiger partial charge in [0.05, 0.1) is 12.7 Å². The molecule has 86 valence electrons. The molecule has 1 rings (SSSR count). The molecule has 0 spiro atoms. The second kappa shape index (κ2) is 6.05. The van der Waals surface area contributed by atoms with Gasteiger partial charge in [0.25, 0.3) is 0 Å². The molecule has 0 bridgehead atoms. The molecule has 0 aliphatic rings. The van der Waals surface area contributed by atoms with Gasteiger partial charge in [-0.3, -0.25) is 4.79 Å². The molecule has 3 heteroatoms. The molecule has 0 N–H and O–H groups in total. The van der Waals surface area contributed by atoms with Crippen LogP contribution < -0.4 is 0 Å². The number of Topliss-reactive ketones (excluding diaryl/α,β-unsaturated/α-hetero) is 1. The van der Waals surface area contributed by atoms with E-state index in [9.17, 15) is 9.59 Å². The van der Waals surface area contributed by atoms with Crippen molar-refractivity contribution in [3.63, 3.8) is 0 Å². The highest BCUT2D eigenvalue weighted by Gasteiger charge is 2.06. The maximum atomic E-state index is 11.4. The Bertz CT molecular complexity index is 365. The summed E-state index contributed by atoms with van der Waals surface area (Å²) < 4.78 is 4.59. The van der Waals surface area contributed by atoms with Gasteiger partial charge in [-0.2, -0.15) is 0 Å². The number of carbonyl (C=O) groups excluding carboxylic acids is 2. The summed E-state index contributed by atoms with van der Waals surface area (Å²) in [4.78, 5) is 22.6. The monoisotopic (exact) mass is 220 g/mol. The first-order chi connectivity index (χ1) is 7.67. The van der Waals surface area contributed by atoms with Crippen LogP contribution in [0.15, 0.2) is 24.3 Å². The number of methoxy groups -OCH3 is 1. The van der Waals surface area contributed by atoms with E-state index in [0.717, 1.165) is 12.0 Å². The lowest BCUT2D eigenvalue weighted by Gasteiger charge is -2.02. The highest BCUT2D eigenvalue weighted by Crippen LogP contribution is 2.08. The maximum absolute atomic E-state index is 11.4. The van der Waals surface area contributed by atoms with Crippen molar-refractivity contribution in [3.05, 3.63) is 35.4 Å². The number of hydrogen-bond acceptors (Lipinski definition) is 3. The van der Waals surface area contributed by atoms with E-state index in [1.54, 1.807) is 24.3 Å². The van der Waals surface area contributed by atoms with Gasteiger partial charge in [-0.15, -0.1) is 0 Å².